The molecule has 0 aromatic heterocycles. The first-order chi connectivity index (χ1) is 18.6. The summed E-state index contributed by atoms with van der Waals surface area (Å²) in [6, 6.07) is 30.3. The smallest absolute Gasteiger partial charge is 0.292 e. The van der Waals surface area contributed by atoms with E-state index >= 15 is 0 Å². The Bertz CT molecular complexity index is 1570. The highest BCUT2D eigenvalue weighted by Gasteiger charge is 2.29. The van der Waals surface area contributed by atoms with Crippen LogP contribution in [0.15, 0.2) is 101 Å². The summed E-state index contributed by atoms with van der Waals surface area (Å²) in [6.07, 6.45) is 1.56. The highest BCUT2D eigenvalue weighted by Crippen LogP contribution is 2.37. The highest BCUT2D eigenvalue weighted by atomic mass is 16.5. The molecular formula is C30H24N6O2. The van der Waals surface area contributed by atoms with Crippen molar-refractivity contribution in [1.29, 1.82) is 5.26 Å². The number of hydrogen-bond acceptors (Lipinski definition) is 7. The van der Waals surface area contributed by atoms with Crippen molar-refractivity contribution in [3.63, 3.8) is 0 Å². The average molecular weight is 501 g/mol. The number of nitrogens with zero attached hydrogens (tertiary/aromatic N) is 4. The number of carbonyl (C=O) groups excluding carboxylic acids is 1. The maximum atomic E-state index is 13.4. The maximum Gasteiger partial charge on any atom is 0.292 e. The molecule has 1 aliphatic heterocycles. The standard InChI is InChI=1S/C30H24N6O2/c1-38-23-14-12-22(13-15-23)36-19-27-25(16-24(26(17-31)28(27)32)21-10-6-3-7-11-21)29(35-36)30(37)34-33-18-20-8-4-2-5-9-20/h2-16,18H,19,32H2,1H3,(H,34,37)/b33-18+. The number of hydrazone groups is 2. The first-order valence-corrected chi connectivity index (χ1v) is 11.9. The number of benzene rings is 4. The second kappa shape index (κ2) is 10.7. The molecule has 0 radical (unpaired) electrons. The molecule has 4 aromatic carbocycles. The van der Waals surface area contributed by atoms with Crippen LogP contribution in [0.4, 0.5) is 11.4 Å². The van der Waals surface area contributed by atoms with Gasteiger partial charge in [0.15, 0.2) is 5.71 Å². The molecule has 0 spiro atoms. The molecule has 0 fully saturated rings. The van der Waals surface area contributed by atoms with Crippen molar-refractivity contribution in [3.05, 3.63) is 113 Å². The van der Waals surface area contributed by atoms with Crippen LogP contribution in [0.1, 0.15) is 22.3 Å². The number of nitrogen functional groups attached to an aromatic ring is 1. The zero-order chi connectivity index (χ0) is 26.5. The Morgan fingerprint density at radius 2 is 1.74 bits per heavy atom. The van der Waals surface area contributed by atoms with Crippen LogP contribution in [0.3, 0.4) is 0 Å². The number of amides is 1. The zero-order valence-corrected chi connectivity index (χ0v) is 20.6. The van der Waals surface area contributed by atoms with Crippen molar-refractivity contribution in [2.45, 2.75) is 6.54 Å². The van der Waals surface area contributed by atoms with Gasteiger partial charge in [0, 0.05) is 16.7 Å². The van der Waals surface area contributed by atoms with Crippen molar-refractivity contribution in [2.24, 2.45) is 10.2 Å². The minimum absolute atomic E-state index is 0.139. The van der Waals surface area contributed by atoms with E-state index in [1.165, 1.54) is 0 Å². The fourth-order valence-electron chi connectivity index (χ4n) is 4.28. The molecule has 0 unspecified atom stereocenters. The zero-order valence-electron chi connectivity index (χ0n) is 20.6. The minimum atomic E-state index is -0.500. The van der Waals surface area contributed by atoms with E-state index in [0.717, 1.165) is 16.8 Å². The second-order valence-corrected chi connectivity index (χ2v) is 8.53. The largest absolute Gasteiger partial charge is 0.497 e. The summed E-state index contributed by atoms with van der Waals surface area (Å²) in [7, 11) is 1.59. The van der Waals surface area contributed by atoms with E-state index in [2.05, 4.69) is 16.6 Å². The van der Waals surface area contributed by atoms with Gasteiger partial charge in [-0.3, -0.25) is 9.80 Å². The minimum Gasteiger partial charge on any atom is -0.497 e. The molecule has 0 aliphatic carbocycles. The lowest BCUT2D eigenvalue weighted by Crippen LogP contribution is -2.36. The van der Waals surface area contributed by atoms with Gasteiger partial charge in [-0.1, -0.05) is 60.7 Å². The predicted molar refractivity (Wildman–Crippen MR) is 149 cm³/mol. The molecule has 1 amide bonds. The van der Waals surface area contributed by atoms with E-state index in [-0.39, 0.29) is 12.3 Å². The molecular weight excluding hydrogens is 476 g/mol. The summed E-state index contributed by atoms with van der Waals surface area (Å²) in [5, 5.41) is 20.5. The molecule has 3 N–H and O–H groups in total. The van der Waals surface area contributed by atoms with Gasteiger partial charge in [-0.25, -0.2) is 5.43 Å². The van der Waals surface area contributed by atoms with Gasteiger partial charge in [0.1, 0.15) is 11.8 Å². The summed E-state index contributed by atoms with van der Waals surface area (Å²) in [5.74, 6) is 0.196. The van der Waals surface area contributed by atoms with Crippen LogP contribution in [0.5, 0.6) is 5.75 Å². The van der Waals surface area contributed by atoms with Crippen molar-refractivity contribution < 1.29 is 9.53 Å². The quantitative estimate of drug-likeness (QED) is 0.226. The summed E-state index contributed by atoms with van der Waals surface area (Å²) in [6.45, 7) is 0.279. The predicted octanol–water partition coefficient (Wildman–Crippen LogP) is 4.69. The van der Waals surface area contributed by atoms with Gasteiger partial charge >= 0.3 is 0 Å². The van der Waals surface area contributed by atoms with Gasteiger partial charge < -0.3 is 10.5 Å². The van der Waals surface area contributed by atoms with E-state index in [1.807, 2.05) is 91.0 Å². The van der Waals surface area contributed by atoms with Crippen molar-refractivity contribution >= 4 is 29.2 Å². The Morgan fingerprint density at radius 3 is 2.39 bits per heavy atom. The average Bonchev–Trinajstić information content (AvgIpc) is 2.97. The number of nitrogens with one attached hydrogen (secondary N) is 1. The maximum absolute atomic E-state index is 13.4. The molecule has 8 heteroatoms. The first-order valence-electron chi connectivity index (χ1n) is 11.9. The van der Waals surface area contributed by atoms with Crippen LogP contribution >= 0.6 is 0 Å². The van der Waals surface area contributed by atoms with Crippen LogP contribution in [0.2, 0.25) is 0 Å². The Hall–Kier alpha value is -5.42. The van der Waals surface area contributed by atoms with Crippen molar-refractivity contribution in [2.75, 3.05) is 17.9 Å². The van der Waals surface area contributed by atoms with Gasteiger partial charge in [0.05, 0.1) is 36.8 Å². The molecule has 5 rings (SSSR count). The van der Waals surface area contributed by atoms with E-state index in [0.29, 0.717) is 33.7 Å². The number of hydrogen-bond donors (Lipinski definition) is 2. The van der Waals surface area contributed by atoms with Gasteiger partial charge in [0.2, 0.25) is 0 Å². The van der Waals surface area contributed by atoms with Gasteiger partial charge in [-0.15, -0.1) is 0 Å². The van der Waals surface area contributed by atoms with Gasteiger partial charge in [-0.2, -0.15) is 15.5 Å². The fraction of sp³-hybridized carbons (Fsp3) is 0.0667. The number of nitriles is 1. The number of methoxy groups -OCH3 is 1. The summed E-state index contributed by atoms with van der Waals surface area (Å²) in [5.41, 5.74) is 14.2. The van der Waals surface area contributed by atoms with Gasteiger partial charge in [0.25, 0.3) is 5.91 Å². The summed E-state index contributed by atoms with van der Waals surface area (Å²) < 4.78 is 5.27. The molecule has 4 aromatic rings. The number of fused-ring (bicyclic) bond motifs is 1. The molecule has 0 atom stereocenters. The first kappa shape index (κ1) is 24.3. The number of rotatable bonds is 6. The van der Waals surface area contributed by atoms with Gasteiger partial charge in [-0.05, 0) is 41.5 Å². The Labute approximate surface area is 220 Å². The van der Waals surface area contributed by atoms with Crippen molar-refractivity contribution in [1.82, 2.24) is 5.43 Å². The molecule has 38 heavy (non-hydrogen) atoms. The fourth-order valence-corrected chi connectivity index (χ4v) is 4.28. The third-order valence-electron chi connectivity index (χ3n) is 6.22. The molecule has 0 saturated carbocycles. The summed E-state index contributed by atoms with van der Waals surface area (Å²) in [4.78, 5) is 13.4. The third kappa shape index (κ3) is 4.81. The third-order valence-corrected chi connectivity index (χ3v) is 6.22. The Morgan fingerprint density at radius 1 is 1.05 bits per heavy atom. The topological polar surface area (TPSA) is 116 Å². The van der Waals surface area contributed by atoms with Crippen LogP contribution < -0.4 is 20.9 Å². The van der Waals surface area contributed by atoms with Crippen molar-refractivity contribution in [3.8, 4) is 22.9 Å². The molecule has 186 valence electrons. The number of anilines is 2. The van der Waals surface area contributed by atoms with E-state index in [4.69, 9.17) is 15.6 Å². The molecule has 0 saturated heterocycles. The molecule has 1 aliphatic rings. The van der Waals surface area contributed by atoms with E-state index < -0.39 is 5.91 Å². The Balaban J connectivity index is 1.60. The van der Waals surface area contributed by atoms with Crippen LogP contribution in [0.25, 0.3) is 11.1 Å². The van der Waals surface area contributed by atoms with E-state index in [1.54, 1.807) is 18.3 Å². The number of nitrogens with two attached hydrogens (primary N) is 1. The lowest BCUT2D eigenvalue weighted by molar-refractivity contribution is -0.114. The lowest BCUT2D eigenvalue weighted by Gasteiger charge is -2.29. The lowest BCUT2D eigenvalue weighted by atomic mass is 9.89. The molecule has 1 heterocycles. The Kier molecular flexibility index (Phi) is 6.83. The second-order valence-electron chi connectivity index (χ2n) is 8.53. The highest BCUT2D eigenvalue weighted by molar-refractivity contribution is 6.46. The molecule has 8 nitrogen and oxygen atoms in total. The number of ether oxygens (including phenoxy) is 1. The molecule has 0 bridgehead atoms. The van der Waals surface area contributed by atoms with Crippen LogP contribution in [0, 0.1) is 11.3 Å². The monoisotopic (exact) mass is 500 g/mol. The summed E-state index contributed by atoms with van der Waals surface area (Å²) >= 11 is 0. The SMILES string of the molecule is COc1ccc(N2Cc3c(cc(-c4ccccc4)c(C#N)c3N)C(C(=O)N/N=C/c3ccccc3)=N2)cc1. The van der Waals surface area contributed by atoms with Crippen LogP contribution in [-0.2, 0) is 11.3 Å². The normalized spacial score (nSPS) is 12.4. The number of carbonyl (C=O) groups is 1. The van der Waals surface area contributed by atoms with E-state index in [9.17, 15) is 10.1 Å². The van der Waals surface area contributed by atoms with Crippen LogP contribution in [-0.4, -0.2) is 24.9 Å².